The lowest BCUT2D eigenvalue weighted by Gasteiger charge is -2.43. The Kier molecular flexibility index (Phi) is 6.53. The van der Waals surface area contributed by atoms with Gasteiger partial charge in [0.2, 0.25) is 0 Å². The van der Waals surface area contributed by atoms with Gasteiger partial charge in [0.15, 0.2) is 0 Å². The number of likely N-dealkylation sites (tertiary alicyclic amines) is 1. The first-order valence-corrected chi connectivity index (χ1v) is 8.64. The highest BCUT2D eigenvalue weighted by Gasteiger charge is 2.32. The topological polar surface area (TPSA) is 15.3 Å². The molecular formula is C18H38N2. The van der Waals surface area contributed by atoms with Crippen molar-refractivity contribution in [1.29, 1.82) is 0 Å². The third kappa shape index (κ3) is 6.13. The van der Waals surface area contributed by atoms with Crippen LogP contribution in [0.3, 0.4) is 0 Å². The van der Waals surface area contributed by atoms with Crippen LogP contribution in [-0.4, -0.2) is 36.1 Å². The molecule has 0 bridgehead atoms. The van der Waals surface area contributed by atoms with Gasteiger partial charge < -0.3 is 5.32 Å². The minimum Gasteiger partial charge on any atom is -0.311 e. The predicted molar refractivity (Wildman–Crippen MR) is 90.2 cm³/mol. The van der Waals surface area contributed by atoms with E-state index in [4.69, 9.17) is 0 Å². The van der Waals surface area contributed by atoms with Gasteiger partial charge in [-0.2, -0.15) is 0 Å². The SMILES string of the molecule is CCCC(C)(CNC(C)(C)C)CN1CC(C)CCC1C. The van der Waals surface area contributed by atoms with Crippen molar-refractivity contribution in [3.63, 3.8) is 0 Å². The van der Waals surface area contributed by atoms with Crippen LogP contribution in [0.1, 0.15) is 74.1 Å². The predicted octanol–water partition coefficient (Wildman–Crippen LogP) is 4.30. The molecule has 0 aromatic rings. The first-order valence-electron chi connectivity index (χ1n) is 8.64. The minimum atomic E-state index is 0.218. The fourth-order valence-corrected chi connectivity index (χ4v) is 3.40. The van der Waals surface area contributed by atoms with Crippen molar-refractivity contribution in [2.45, 2.75) is 85.7 Å². The molecule has 1 heterocycles. The van der Waals surface area contributed by atoms with Gasteiger partial charge in [0, 0.05) is 31.2 Å². The zero-order chi connectivity index (χ0) is 15.4. The maximum Gasteiger partial charge on any atom is 0.00967 e. The standard InChI is InChI=1S/C18H38N2/c1-8-11-18(7,13-19-17(4,5)6)14-20-12-15(2)9-10-16(20)3/h15-16,19H,8-14H2,1-7H3. The van der Waals surface area contributed by atoms with E-state index in [9.17, 15) is 0 Å². The minimum absolute atomic E-state index is 0.218. The Hall–Kier alpha value is -0.0800. The fourth-order valence-electron chi connectivity index (χ4n) is 3.40. The first-order chi connectivity index (χ1) is 9.15. The monoisotopic (exact) mass is 282 g/mol. The Morgan fingerprint density at radius 2 is 1.75 bits per heavy atom. The van der Waals surface area contributed by atoms with Crippen molar-refractivity contribution in [3.05, 3.63) is 0 Å². The summed E-state index contributed by atoms with van der Waals surface area (Å²) in [5.41, 5.74) is 0.614. The first kappa shape index (κ1) is 18.0. The van der Waals surface area contributed by atoms with Crippen molar-refractivity contribution in [1.82, 2.24) is 10.2 Å². The molecule has 0 aromatic carbocycles. The van der Waals surface area contributed by atoms with Gasteiger partial charge in [-0.05, 0) is 58.3 Å². The summed E-state index contributed by atoms with van der Waals surface area (Å²) < 4.78 is 0. The molecule has 2 heteroatoms. The molecule has 0 saturated carbocycles. The molecule has 0 amide bonds. The van der Waals surface area contributed by atoms with Crippen LogP contribution in [0.4, 0.5) is 0 Å². The molecule has 1 saturated heterocycles. The largest absolute Gasteiger partial charge is 0.311 e. The Labute approximate surface area is 127 Å². The van der Waals surface area contributed by atoms with E-state index < -0.39 is 0 Å². The van der Waals surface area contributed by atoms with Gasteiger partial charge >= 0.3 is 0 Å². The van der Waals surface area contributed by atoms with Crippen LogP contribution < -0.4 is 5.32 Å². The van der Waals surface area contributed by atoms with Gasteiger partial charge in [0.25, 0.3) is 0 Å². The average Bonchev–Trinajstić information content (AvgIpc) is 2.31. The van der Waals surface area contributed by atoms with Crippen molar-refractivity contribution in [3.8, 4) is 0 Å². The number of hydrogen-bond donors (Lipinski definition) is 1. The van der Waals surface area contributed by atoms with E-state index in [2.05, 4.69) is 58.7 Å². The summed E-state index contributed by atoms with van der Waals surface area (Å²) in [5.74, 6) is 0.868. The average molecular weight is 283 g/mol. The van der Waals surface area contributed by atoms with E-state index in [0.717, 1.165) is 18.5 Å². The van der Waals surface area contributed by atoms with Gasteiger partial charge in [-0.15, -0.1) is 0 Å². The van der Waals surface area contributed by atoms with Crippen LogP contribution in [0.5, 0.6) is 0 Å². The molecule has 1 rings (SSSR count). The lowest BCUT2D eigenvalue weighted by molar-refractivity contribution is 0.0654. The van der Waals surface area contributed by atoms with E-state index in [1.54, 1.807) is 0 Å². The molecule has 0 radical (unpaired) electrons. The van der Waals surface area contributed by atoms with Gasteiger partial charge in [0.1, 0.15) is 0 Å². The van der Waals surface area contributed by atoms with Crippen LogP contribution >= 0.6 is 0 Å². The Morgan fingerprint density at radius 3 is 2.30 bits per heavy atom. The van der Waals surface area contributed by atoms with Gasteiger partial charge in [-0.25, -0.2) is 0 Å². The Bertz CT molecular complexity index is 282. The molecule has 20 heavy (non-hydrogen) atoms. The second kappa shape index (κ2) is 7.26. The lowest BCUT2D eigenvalue weighted by atomic mass is 9.82. The summed E-state index contributed by atoms with van der Waals surface area (Å²) in [6.45, 7) is 20.1. The lowest BCUT2D eigenvalue weighted by Crippen LogP contribution is -2.51. The molecule has 1 N–H and O–H groups in total. The number of nitrogens with one attached hydrogen (secondary N) is 1. The molecule has 1 aliphatic rings. The third-order valence-corrected chi connectivity index (χ3v) is 4.73. The van der Waals surface area contributed by atoms with Gasteiger partial charge in [-0.1, -0.05) is 27.2 Å². The maximum atomic E-state index is 3.74. The Morgan fingerprint density at radius 1 is 1.10 bits per heavy atom. The second-order valence-electron chi connectivity index (χ2n) is 8.63. The van der Waals surface area contributed by atoms with Gasteiger partial charge in [-0.3, -0.25) is 4.90 Å². The molecule has 3 unspecified atom stereocenters. The summed E-state index contributed by atoms with van der Waals surface area (Å²) in [6.07, 6.45) is 5.37. The maximum absolute atomic E-state index is 3.74. The number of piperidine rings is 1. The molecule has 2 nitrogen and oxygen atoms in total. The van der Waals surface area contributed by atoms with Crippen molar-refractivity contribution in [2.24, 2.45) is 11.3 Å². The van der Waals surface area contributed by atoms with E-state index >= 15 is 0 Å². The highest BCUT2D eigenvalue weighted by Crippen LogP contribution is 2.29. The van der Waals surface area contributed by atoms with Crippen molar-refractivity contribution in [2.75, 3.05) is 19.6 Å². The van der Waals surface area contributed by atoms with Crippen LogP contribution in [-0.2, 0) is 0 Å². The molecule has 0 aromatic heterocycles. The fraction of sp³-hybridized carbons (Fsp3) is 1.00. The quantitative estimate of drug-likeness (QED) is 0.781. The summed E-state index contributed by atoms with van der Waals surface area (Å²) >= 11 is 0. The number of rotatable bonds is 6. The van der Waals surface area contributed by atoms with Crippen molar-refractivity contribution >= 4 is 0 Å². The molecule has 0 aliphatic carbocycles. The third-order valence-electron chi connectivity index (χ3n) is 4.73. The summed E-state index contributed by atoms with van der Waals surface area (Å²) in [7, 11) is 0. The van der Waals surface area contributed by atoms with Gasteiger partial charge in [0.05, 0.1) is 0 Å². The highest BCUT2D eigenvalue weighted by atomic mass is 15.2. The van der Waals surface area contributed by atoms with Crippen LogP contribution in [0.25, 0.3) is 0 Å². The van der Waals surface area contributed by atoms with Crippen molar-refractivity contribution < 1.29 is 0 Å². The summed E-state index contributed by atoms with van der Waals surface area (Å²) in [6, 6.07) is 0.761. The molecule has 120 valence electrons. The van der Waals surface area contributed by atoms with Crippen LogP contribution in [0.15, 0.2) is 0 Å². The van der Waals surface area contributed by atoms with E-state index in [-0.39, 0.29) is 5.54 Å². The molecule has 0 spiro atoms. The van der Waals surface area contributed by atoms with Crippen LogP contribution in [0, 0.1) is 11.3 Å². The van der Waals surface area contributed by atoms with Crippen LogP contribution in [0.2, 0.25) is 0 Å². The smallest absolute Gasteiger partial charge is 0.00967 e. The number of hydrogen-bond acceptors (Lipinski definition) is 2. The van der Waals surface area contributed by atoms with E-state index in [1.807, 2.05) is 0 Å². The summed E-state index contributed by atoms with van der Waals surface area (Å²) in [4.78, 5) is 2.74. The normalized spacial score (nSPS) is 28.4. The highest BCUT2D eigenvalue weighted by molar-refractivity contribution is 4.87. The summed E-state index contributed by atoms with van der Waals surface area (Å²) in [5, 5.41) is 3.74. The zero-order valence-corrected chi connectivity index (χ0v) is 15.1. The molecule has 1 fully saturated rings. The second-order valence-corrected chi connectivity index (χ2v) is 8.63. The molecular weight excluding hydrogens is 244 g/mol. The number of nitrogens with zero attached hydrogens (tertiary/aromatic N) is 1. The zero-order valence-electron chi connectivity index (χ0n) is 15.1. The van der Waals surface area contributed by atoms with E-state index in [1.165, 1.54) is 38.8 Å². The molecule has 1 aliphatic heterocycles. The Balaban J connectivity index is 2.64. The molecule has 3 atom stereocenters. The van der Waals surface area contributed by atoms with E-state index in [0.29, 0.717) is 5.41 Å².